The second-order valence-electron chi connectivity index (χ2n) is 13.2. The third kappa shape index (κ3) is 5.75. The van der Waals surface area contributed by atoms with Crippen molar-refractivity contribution in [3.8, 4) is 33.8 Å². The van der Waals surface area contributed by atoms with Crippen LogP contribution in [0.1, 0.15) is 29.1 Å². The van der Waals surface area contributed by atoms with Crippen LogP contribution in [-0.4, -0.2) is 12.0 Å². The number of benzene rings is 6. The molecule has 0 amide bonds. The van der Waals surface area contributed by atoms with Gasteiger partial charge < -0.3 is 19.4 Å². The van der Waals surface area contributed by atoms with E-state index in [1.54, 1.807) is 12.7 Å². The molecule has 0 unspecified atom stereocenters. The van der Waals surface area contributed by atoms with E-state index in [4.69, 9.17) is 13.8 Å². The van der Waals surface area contributed by atoms with Crippen molar-refractivity contribution in [3.05, 3.63) is 182 Å². The molecule has 0 bridgehead atoms. The molecule has 0 aliphatic carbocycles. The van der Waals surface area contributed by atoms with Crippen molar-refractivity contribution in [3.63, 3.8) is 0 Å². The normalized spacial score (nSPS) is 14.0. The maximum atomic E-state index is 8.10. The first kappa shape index (κ1) is 30.0. The molecule has 0 saturated carbocycles. The summed E-state index contributed by atoms with van der Waals surface area (Å²) in [5.41, 5.74) is 10.1. The van der Waals surface area contributed by atoms with Crippen molar-refractivity contribution in [1.29, 1.82) is 0 Å². The Hall–Kier alpha value is -5.67. The third-order valence-corrected chi connectivity index (χ3v) is 9.83. The smallest absolute Gasteiger partial charge is 0.135 e. The molecular formula is C46H35N4OPd-3. The molecule has 6 aromatic carbocycles. The zero-order valence-corrected chi connectivity index (χ0v) is 30.1. The zero-order chi connectivity index (χ0) is 37.0. The molecule has 2 aliphatic heterocycles. The monoisotopic (exact) mass is 768 g/mol. The summed E-state index contributed by atoms with van der Waals surface area (Å²) in [7, 11) is 0. The van der Waals surface area contributed by atoms with Crippen molar-refractivity contribution < 1.29 is 29.3 Å². The summed E-state index contributed by atoms with van der Waals surface area (Å²) in [5, 5.41) is 0. The topological polar surface area (TPSA) is 31.8 Å². The van der Waals surface area contributed by atoms with Crippen molar-refractivity contribution in [2.45, 2.75) is 19.3 Å². The number of rotatable bonds is 6. The molecule has 3 heterocycles. The van der Waals surface area contributed by atoms with Crippen molar-refractivity contribution in [2.24, 2.45) is 0 Å². The predicted octanol–water partition coefficient (Wildman–Crippen LogP) is 11.6. The number of para-hydroxylation sites is 3. The molecular weight excluding hydrogens is 731 g/mol. The van der Waals surface area contributed by atoms with Gasteiger partial charge in [0.2, 0.25) is 0 Å². The van der Waals surface area contributed by atoms with Gasteiger partial charge in [-0.25, -0.2) is 4.98 Å². The van der Waals surface area contributed by atoms with Crippen LogP contribution in [0.5, 0.6) is 11.5 Å². The number of aromatic nitrogens is 1. The number of pyridine rings is 1. The summed E-state index contributed by atoms with van der Waals surface area (Å²) in [6.07, 6.45) is 1.89. The number of nitrogens with zero attached hydrogens (tertiary/aromatic N) is 4. The minimum absolute atomic E-state index is 0. The van der Waals surface area contributed by atoms with E-state index >= 15 is 0 Å². The Morgan fingerprint density at radius 3 is 2.10 bits per heavy atom. The second kappa shape index (κ2) is 13.5. The molecule has 0 atom stereocenters. The third-order valence-electron chi connectivity index (χ3n) is 9.83. The van der Waals surface area contributed by atoms with Gasteiger partial charge in [-0.1, -0.05) is 110 Å². The summed E-state index contributed by atoms with van der Waals surface area (Å²) in [5.74, 6) is 1.73. The standard InChI is InChI=1S/C46H35N4O.Pd/c1-46(2,32-14-5-4-6-15-32)33-26-27-47-45(28-33)50-41-21-10-9-20-39(41)37-18-7-8-19-38(37)40-25-24-36(30-44(40)50)51-35-17-13-16-34(29-35)49-31-48(3)42-22-11-12-23-43(42)49;/h4-28,31H,1-3H3;/q-3;/i3D3;. The Bertz CT molecular complexity index is 2520. The average Bonchev–Trinajstić information content (AvgIpc) is 3.55. The summed E-state index contributed by atoms with van der Waals surface area (Å²) < 4.78 is 30.8. The SMILES string of the molecule is [2H]C([2H])([2H])N1[CH-]N(c2[c-]c(Oc3[c-]c4c(cc3)-c3ccccc3-c3ccccc3N4c3cc(C(C)(C)c4ccccc4)ccn3)ccc2)c2ccccc21.[Pd]. The van der Waals surface area contributed by atoms with Crippen molar-refractivity contribution >= 4 is 34.3 Å². The average molecular weight is 769 g/mol. The molecule has 6 heteroatoms. The van der Waals surface area contributed by atoms with Gasteiger partial charge in [0.25, 0.3) is 0 Å². The van der Waals surface area contributed by atoms with Gasteiger partial charge in [0.15, 0.2) is 0 Å². The van der Waals surface area contributed by atoms with E-state index in [0.717, 1.165) is 50.7 Å². The van der Waals surface area contributed by atoms with Crippen LogP contribution in [0.4, 0.5) is 34.3 Å². The fourth-order valence-corrected chi connectivity index (χ4v) is 7.13. The molecule has 0 spiro atoms. The van der Waals surface area contributed by atoms with Gasteiger partial charge in [0, 0.05) is 64.6 Å². The van der Waals surface area contributed by atoms with Gasteiger partial charge in [0.1, 0.15) is 5.82 Å². The summed E-state index contributed by atoms with van der Waals surface area (Å²) in [6.45, 7) is 3.73. The second-order valence-corrected chi connectivity index (χ2v) is 13.2. The van der Waals surface area contributed by atoms with Gasteiger partial charge in [0.05, 0.1) is 5.69 Å². The van der Waals surface area contributed by atoms with Gasteiger partial charge in [-0.05, 0) is 54.0 Å². The largest absolute Gasteiger partial charge is 0.509 e. The van der Waals surface area contributed by atoms with Crippen LogP contribution < -0.4 is 19.4 Å². The van der Waals surface area contributed by atoms with E-state index in [0.29, 0.717) is 22.9 Å². The first-order valence-electron chi connectivity index (χ1n) is 18.5. The molecule has 7 aromatic rings. The maximum Gasteiger partial charge on any atom is 0.135 e. The molecule has 0 N–H and O–H groups in total. The van der Waals surface area contributed by atoms with Gasteiger partial charge in [-0.15, -0.1) is 41.6 Å². The van der Waals surface area contributed by atoms with Gasteiger partial charge in [-0.2, -0.15) is 18.8 Å². The zero-order valence-electron chi connectivity index (χ0n) is 31.5. The van der Waals surface area contributed by atoms with Gasteiger partial charge in [-0.3, -0.25) is 0 Å². The van der Waals surface area contributed by atoms with Crippen LogP contribution in [0.3, 0.4) is 0 Å². The minimum atomic E-state index is -2.34. The summed E-state index contributed by atoms with van der Waals surface area (Å²) >= 11 is 0. The Morgan fingerprint density at radius 1 is 0.635 bits per heavy atom. The molecule has 0 radical (unpaired) electrons. The number of ether oxygens (including phenoxy) is 1. The van der Waals surface area contributed by atoms with E-state index in [1.165, 1.54) is 10.5 Å². The number of hydrogen-bond donors (Lipinski definition) is 0. The van der Waals surface area contributed by atoms with E-state index in [-0.39, 0.29) is 25.8 Å². The molecule has 52 heavy (non-hydrogen) atoms. The van der Waals surface area contributed by atoms with Crippen LogP contribution in [0.15, 0.2) is 152 Å². The van der Waals surface area contributed by atoms with Crippen LogP contribution in [0, 0.1) is 18.8 Å². The van der Waals surface area contributed by atoms with Crippen LogP contribution in [0.2, 0.25) is 0 Å². The van der Waals surface area contributed by atoms with Crippen LogP contribution >= 0.6 is 0 Å². The summed E-state index contributed by atoms with van der Waals surface area (Å²) in [6, 6.07) is 55.7. The molecule has 0 saturated heterocycles. The van der Waals surface area contributed by atoms with E-state index in [9.17, 15) is 0 Å². The minimum Gasteiger partial charge on any atom is -0.509 e. The van der Waals surface area contributed by atoms with Crippen LogP contribution in [-0.2, 0) is 25.8 Å². The molecule has 2 aliphatic rings. The first-order chi connectivity index (χ1) is 26.2. The Labute approximate surface area is 323 Å². The fourth-order valence-electron chi connectivity index (χ4n) is 7.13. The predicted molar refractivity (Wildman–Crippen MR) is 207 cm³/mol. The molecule has 258 valence electrons. The summed E-state index contributed by atoms with van der Waals surface area (Å²) in [4.78, 5) is 10.3. The van der Waals surface area contributed by atoms with Gasteiger partial charge >= 0.3 is 0 Å². The number of anilines is 6. The Kier molecular flexibility index (Phi) is 7.77. The van der Waals surface area contributed by atoms with Crippen molar-refractivity contribution in [1.82, 2.24) is 4.98 Å². The molecule has 5 nitrogen and oxygen atoms in total. The van der Waals surface area contributed by atoms with E-state index in [2.05, 4.69) is 122 Å². The Balaban J connectivity index is 0.00000427. The molecule has 1 aromatic heterocycles. The molecule has 0 fully saturated rings. The first-order valence-corrected chi connectivity index (χ1v) is 17.0. The molecule has 9 rings (SSSR count). The van der Waals surface area contributed by atoms with Crippen molar-refractivity contribution in [2.75, 3.05) is 21.7 Å². The Morgan fingerprint density at radius 2 is 1.31 bits per heavy atom. The number of fused-ring (bicyclic) bond motifs is 6. The quantitative estimate of drug-likeness (QED) is 0.124. The van der Waals surface area contributed by atoms with E-state index < -0.39 is 6.98 Å². The fraction of sp³-hybridized carbons (Fsp3) is 0.0870. The number of hydrogen-bond acceptors (Lipinski definition) is 5. The van der Waals surface area contributed by atoms with Crippen LogP contribution in [0.25, 0.3) is 22.3 Å². The van der Waals surface area contributed by atoms with E-state index in [1.807, 2.05) is 59.6 Å². The maximum absolute atomic E-state index is 8.10.